The zero-order valence-electron chi connectivity index (χ0n) is 15.1. The molecule has 1 aliphatic rings. The van der Waals surface area contributed by atoms with E-state index < -0.39 is 6.10 Å². The predicted molar refractivity (Wildman–Crippen MR) is 101 cm³/mol. The van der Waals surface area contributed by atoms with Gasteiger partial charge in [0.2, 0.25) is 0 Å². The minimum absolute atomic E-state index is 0.150. The molecular weight excluding hydrogens is 344 g/mol. The highest BCUT2D eigenvalue weighted by Crippen LogP contribution is 2.10. The predicted octanol–water partition coefficient (Wildman–Crippen LogP) is 0.829. The van der Waals surface area contributed by atoms with Crippen LogP contribution in [0.4, 0.5) is 0 Å². The second-order valence-corrected chi connectivity index (χ2v) is 6.37. The highest BCUT2D eigenvalue weighted by Gasteiger charge is 2.26. The summed E-state index contributed by atoms with van der Waals surface area (Å²) in [5.41, 5.74) is 1.72. The number of carbonyl (C=O) groups is 2. The number of hydrogen-bond donors (Lipinski definition) is 2. The molecule has 0 saturated carbocycles. The summed E-state index contributed by atoms with van der Waals surface area (Å²) in [6.07, 6.45) is 2.63. The molecule has 2 N–H and O–H groups in total. The number of morpholine rings is 1. The quantitative estimate of drug-likeness (QED) is 0.708. The van der Waals surface area contributed by atoms with Gasteiger partial charge in [0.15, 0.2) is 0 Å². The van der Waals surface area contributed by atoms with Crippen LogP contribution in [0.3, 0.4) is 0 Å². The molecule has 1 unspecified atom stereocenters. The van der Waals surface area contributed by atoms with Crippen LogP contribution in [-0.4, -0.2) is 60.6 Å². The lowest BCUT2D eigenvalue weighted by Crippen LogP contribution is -2.50. The van der Waals surface area contributed by atoms with Crippen LogP contribution < -0.4 is 10.6 Å². The van der Waals surface area contributed by atoms with Crippen LogP contribution in [0.5, 0.6) is 0 Å². The van der Waals surface area contributed by atoms with E-state index in [1.807, 2.05) is 18.2 Å². The Morgan fingerprint density at radius 3 is 2.70 bits per heavy atom. The third-order valence-corrected chi connectivity index (χ3v) is 4.33. The number of carbonyl (C=O) groups excluding carboxylic acids is 2. The largest absolute Gasteiger partial charge is 0.366 e. The Labute approximate surface area is 158 Å². The van der Waals surface area contributed by atoms with Gasteiger partial charge in [-0.25, -0.2) is 0 Å². The third-order valence-electron chi connectivity index (χ3n) is 4.33. The minimum atomic E-state index is -0.489. The minimum Gasteiger partial charge on any atom is -0.366 e. The number of nitrogens with zero attached hydrogens (tertiary/aromatic N) is 2. The Kier molecular flexibility index (Phi) is 6.90. The Balaban J connectivity index is 1.38. The maximum Gasteiger partial charge on any atom is 0.252 e. The van der Waals surface area contributed by atoms with Crippen molar-refractivity contribution in [2.75, 3.05) is 32.8 Å². The topological polar surface area (TPSA) is 83.6 Å². The lowest BCUT2D eigenvalue weighted by molar-refractivity contribution is -0.138. The van der Waals surface area contributed by atoms with Gasteiger partial charge in [0.05, 0.1) is 12.2 Å². The zero-order chi connectivity index (χ0) is 18.9. The van der Waals surface area contributed by atoms with E-state index in [1.54, 1.807) is 18.3 Å². The summed E-state index contributed by atoms with van der Waals surface area (Å²) in [5, 5.41) is 5.58. The molecule has 27 heavy (non-hydrogen) atoms. The molecule has 0 radical (unpaired) electrons. The highest BCUT2D eigenvalue weighted by molar-refractivity contribution is 5.93. The van der Waals surface area contributed by atoms with E-state index in [2.05, 4.69) is 32.7 Å². The van der Waals surface area contributed by atoms with Crippen molar-refractivity contribution in [1.82, 2.24) is 20.5 Å². The molecule has 1 aromatic carbocycles. The standard InChI is InChI=1S/C20H24N4O3/c25-19(17-7-4-8-21-13-17)22-9-10-23-20(26)18-15-24(11-12-27-18)14-16-5-2-1-3-6-16/h1-8,13,18H,9-12,14-15H2,(H,22,25)(H,23,26). The molecule has 7 heteroatoms. The van der Waals surface area contributed by atoms with Gasteiger partial charge < -0.3 is 15.4 Å². The van der Waals surface area contributed by atoms with Crippen molar-refractivity contribution in [3.8, 4) is 0 Å². The number of hydrogen-bond acceptors (Lipinski definition) is 5. The third kappa shape index (κ3) is 5.87. The molecule has 7 nitrogen and oxygen atoms in total. The van der Waals surface area contributed by atoms with Crippen molar-refractivity contribution in [2.45, 2.75) is 12.6 Å². The number of benzene rings is 1. The van der Waals surface area contributed by atoms with E-state index in [0.717, 1.165) is 13.1 Å². The number of ether oxygens (including phenoxy) is 1. The molecule has 1 aliphatic heterocycles. The molecule has 0 aliphatic carbocycles. The van der Waals surface area contributed by atoms with Crippen molar-refractivity contribution in [2.24, 2.45) is 0 Å². The van der Waals surface area contributed by atoms with Gasteiger partial charge in [0, 0.05) is 45.1 Å². The van der Waals surface area contributed by atoms with Crippen LogP contribution >= 0.6 is 0 Å². The van der Waals surface area contributed by atoms with Gasteiger partial charge in [0.25, 0.3) is 11.8 Å². The number of rotatable bonds is 7. The van der Waals surface area contributed by atoms with Crippen LogP contribution in [0.2, 0.25) is 0 Å². The van der Waals surface area contributed by atoms with Crippen molar-refractivity contribution in [3.63, 3.8) is 0 Å². The SMILES string of the molecule is O=C(NCCNC(=O)C1CN(Cc2ccccc2)CCO1)c1cccnc1. The summed E-state index contributed by atoms with van der Waals surface area (Å²) in [6.45, 7) is 3.39. The molecule has 142 valence electrons. The monoisotopic (exact) mass is 368 g/mol. The van der Waals surface area contributed by atoms with Crippen molar-refractivity contribution >= 4 is 11.8 Å². The van der Waals surface area contributed by atoms with Gasteiger partial charge in [-0.2, -0.15) is 0 Å². The highest BCUT2D eigenvalue weighted by atomic mass is 16.5. The Hall–Kier alpha value is -2.77. The molecule has 2 heterocycles. The summed E-state index contributed by atoms with van der Waals surface area (Å²) in [5.74, 6) is -0.358. The Bertz CT molecular complexity index is 739. The van der Waals surface area contributed by atoms with Crippen LogP contribution in [0.1, 0.15) is 15.9 Å². The van der Waals surface area contributed by atoms with Crippen molar-refractivity contribution < 1.29 is 14.3 Å². The molecular formula is C20H24N4O3. The zero-order valence-corrected chi connectivity index (χ0v) is 15.1. The second-order valence-electron chi connectivity index (χ2n) is 6.37. The summed E-state index contributed by atoms with van der Waals surface area (Å²) in [6, 6.07) is 13.6. The van der Waals surface area contributed by atoms with Gasteiger partial charge in [-0.05, 0) is 17.7 Å². The summed E-state index contributed by atoms with van der Waals surface area (Å²) in [7, 11) is 0. The first-order valence-corrected chi connectivity index (χ1v) is 9.06. The summed E-state index contributed by atoms with van der Waals surface area (Å²) < 4.78 is 5.61. The van der Waals surface area contributed by atoms with Crippen LogP contribution in [0.25, 0.3) is 0 Å². The lowest BCUT2D eigenvalue weighted by Gasteiger charge is -2.32. The molecule has 1 fully saturated rings. The smallest absolute Gasteiger partial charge is 0.252 e. The van der Waals surface area contributed by atoms with Gasteiger partial charge in [-0.15, -0.1) is 0 Å². The van der Waals surface area contributed by atoms with Gasteiger partial charge in [-0.1, -0.05) is 30.3 Å². The van der Waals surface area contributed by atoms with E-state index >= 15 is 0 Å². The average molecular weight is 368 g/mol. The number of pyridine rings is 1. The molecule has 1 saturated heterocycles. The van der Waals surface area contributed by atoms with Gasteiger partial charge in [-0.3, -0.25) is 19.5 Å². The van der Waals surface area contributed by atoms with Gasteiger partial charge in [0.1, 0.15) is 6.10 Å². The number of aromatic nitrogens is 1. The maximum absolute atomic E-state index is 12.3. The van der Waals surface area contributed by atoms with E-state index in [-0.39, 0.29) is 11.8 Å². The molecule has 3 rings (SSSR count). The fourth-order valence-electron chi connectivity index (χ4n) is 2.92. The molecule has 1 aromatic heterocycles. The normalized spacial score (nSPS) is 17.3. The Morgan fingerprint density at radius 1 is 1.11 bits per heavy atom. The lowest BCUT2D eigenvalue weighted by atomic mass is 10.2. The fourth-order valence-corrected chi connectivity index (χ4v) is 2.92. The van der Waals surface area contributed by atoms with Crippen molar-refractivity contribution in [1.29, 1.82) is 0 Å². The number of amides is 2. The first kappa shape index (κ1) is 19.0. The number of nitrogens with one attached hydrogen (secondary N) is 2. The first-order valence-electron chi connectivity index (χ1n) is 9.06. The van der Waals surface area contributed by atoms with E-state index in [1.165, 1.54) is 11.8 Å². The molecule has 2 aromatic rings. The van der Waals surface area contributed by atoms with E-state index in [0.29, 0.717) is 31.8 Å². The Morgan fingerprint density at radius 2 is 1.93 bits per heavy atom. The fraction of sp³-hybridized carbons (Fsp3) is 0.350. The summed E-state index contributed by atoms with van der Waals surface area (Å²) in [4.78, 5) is 30.4. The van der Waals surface area contributed by atoms with Crippen molar-refractivity contribution in [3.05, 3.63) is 66.0 Å². The first-order chi connectivity index (χ1) is 13.2. The summed E-state index contributed by atoms with van der Waals surface area (Å²) >= 11 is 0. The molecule has 0 spiro atoms. The molecule has 1 atom stereocenters. The maximum atomic E-state index is 12.3. The van der Waals surface area contributed by atoms with Crippen LogP contribution in [0, 0.1) is 0 Å². The molecule has 2 amide bonds. The second kappa shape index (κ2) is 9.80. The van der Waals surface area contributed by atoms with Gasteiger partial charge >= 0.3 is 0 Å². The average Bonchev–Trinajstić information content (AvgIpc) is 2.72. The van der Waals surface area contributed by atoms with Crippen LogP contribution in [0.15, 0.2) is 54.9 Å². The van der Waals surface area contributed by atoms with E-state index in [9.17, 15) is 9.59 Å². The van der Waals surface area contributed by atoms with E-state index in [4.69, 9.17) is 4.74 Å². The van der Waals surface area contributed by atoms with Crippen LogP contribution in [-0.2, 0) is 16.1 Å². The molecule has 0 bridgehead atoms.